The number of benzene rings is 3. The molecule has 1 aliphatic rings. The number of carbonyl (C=O) groups excluding carboxylic acids is 1. The first-order valence-corrected chi connectivity index (χ1v) is 13.6. The molecule has 8 heteroatoms. The summed E-state index contributed by atoms with van der Waals surface area (Å²) in [6.45, 7) is 2.85. The number of nitrogens with one attached hydrogen (secondary N) is 3. The Kier molecular flexibility index (Phi) is 8.39. The van der Waals surface area contributed by atoms with Crippen molar-refractivity contribution in [1.29, 1.82) is 0 Å². The topological polar surface area (TPSA) is 88.2 Å². The normalized spacial score (nSPS) is 13.6. The average Bonchev–Trinajstić information content (AvgIpc) is 2.97. The third-order valence-corrected chi connectivity index (χ3v) is 7.07. The van der Waals surface area contributed by atoms with Crippen LogP contribution in [-0.2, 0) is 0 Å². The molecule has 0 atom stereocenters. The summed E-state index contributed by atoms with van der Waals surface area (Å²) >= 11 is 1.40. The van der Waals surface area contributed by atoms with Gasteiger partial charge in [-0.1, -0.05) is 35.9 Å². The molecule has 3 aromatic carbocycles. The number of thioether (sulfide) groups is 1. The van der Waals surface area contributed by atoms with Gasteiger partial charge in [0.2, 0.25) is 0 Å². The lowest BCUT2D eigenvalue weighted by molar-refractivity contribution is 0.102. The summed E-state index contributed by atoms with van der Waals surface area (Å²) in [6.07, 6.45) is 7.75. The predicted molar refractivity (Wildman–Crippen MR) is 154 cm³/mol. The molecular formula is C30H29N5O2S. The fourth-order valence-electron chi connectivity index (χ4n) is 4.28. The quantitative estimate of drug-likeness (QED) is 0.147. The van der Waals surface area contributed by atoms with Crippen molar-refractivity contribution in [2.24, 2.45) is 5.92 Å². The molecule has 4 aromatic rings. The van der Waals surface area contributed by atoms with Gasteiger partial charge in [0, 0.05) is 22.3 Å². The Labute approximate surface area is 226 Å². The summed E-state index contributed by atoms with van der Waals surface area (Å²) in [5.74, 6) is 4.98. The van der Waals surface area contributed by atoms with Crippen LogP contribution in [0.25, 0.3) is 10.9 Å². The van der Waals surface area contributed by atoms with E-state index in [9.17, 15) is 4.79 Å². The van der Waals surface area contributed by atoms with Crippen LogP contribution in [-0.4, -0.2) is 41.3 Å². The second kappa shape index (κ2) is 12.5. The smallest absolute Gasteiger partial charge is 0.255 e. The van der Waals surface area contributed by atoms with E-state index in [1.807, 2.05) is 60.7 Å². The molecule has 0 unspecified atom stereocenters. The highest BCUT2D eigenvalue weighted by Crippen LogP contribution is 2.30. The van der Waals surface area contributed by atoms with Gasteiger partial charge in [-0.05, 0) is 86.4 Å². The predicted octanol–water partition coefficient (Wildman–Crippen LogP) is 5.73. The number of aromatic nitrogens is 2. The van der Waals surface area contributed by atoms with Crippen LogP contribution in [0.3, 0.4) is 0 Å². The van der Waals surface area contributed by atoms with Crippen LogP contribution in [0, 0.1) is 18.3 Å². The fraction of sp³-hybridized carbons (Fsp3) is 0.233. The number of anilines is 3. The van der Waals surface area contributed by atoms with E-state index in [2.05, 4.69) is 26.9 Å². The highest BCUT2D eigenvalue weighted by molar-refractivity contribution is 7.99. The van der Waals surface area contributed by atoms with Crippen molar-refractivity contribution in [3.8, 4) is 18.1 Å². The van der Waals surface area contributed by atoms with Gasteiger partial charge in [0.1, 0.15) is 11.6 Å². The lowest BCUT2D eigenvalue weighted by Crippen LogP contribution is -2.30. The monoisotopic (exact) mass is 523 g/mol. The highest BCUT2D eigenvalue weighted by atomic mass is 32.2. The minimum Gasteiger partial charge on any atom is -0.493 e. The molecule has 7 nitrogen and oxygen atoms in total. The first-order chi connectivity index (χ1) is 18.7. The molecule has 1 fully saturated rings. The molecule has 5 rings (SSSR count). The van der Waals surface area contributed by atoms with Crippen LogP contribution in [0.15, 0.2) is 78.0 Å². The summed E-state index contributed by atoms with van der Waals surface area (Å²) in [5, 5.41) is 11.1. The van der Waals surface area contributed by atoms with Crippen molar-refractivity contribution < 1.29 is 9.53 Å². The maximum Gasteiger partial charge on any atom is 0.255 e. The molecule has 2 heterocycles. The van der Waals surface area contributed by atoms with Crippen LogP contribution in [0.1, 0.15) is 23.2 Å². The zero-order valence-electron chi connectivity index (χ0n) is 20.9. The van der Waals surface area contributed by atoms with E-state index in [1.54, 1.807) is 12.1 Å². The van der Waals surface area contributed by atoms with Gasteiger partial charge < -0.3 is 20.7 Å². The molecule has 0 bridgehead atoms. The molecule has 1 aromatic heterocycles. The molecule has 1 amide bonds. The van der Waals surface area contributed by atoms with E-state index in [4.69, 9.17) is 16.1 Å². The lowest BCUT2D eigenvalue weighted by Gasteiger charge is -2.22. The number of hydrogen-bond acceptors (Lipinski definition) is 7. The molecule has 192 valence electrons. The number of amides is 1. The molecule has 0 saturated carbocycles. The van der Waals surface area contributed by atoms with Gasteiger partial charge in [-0.25, -0.2) is 9.97 Å². The van der Waals surface area contributed by atoms with Crippen LogP contribution < -0.4 is 20.7 Å². The Balaban J connectivity index is 1.36. The molecule has 0 spiro atoms. The van der Waals surface area contributed by atoms with Crippen LogP contribution in [0.5, 0.6) is 5.75 Å². The maximum atomic E-state index is 12.7. The van der Waals surface area contributed by atoms with Gasteiger partial charge >= 0.3 is 0 Å². The average molecular weight is 524 g/mol. The Morgan fingerprint density at radius 1 is 1.03 bits per heavy atom. The standard InChI is InChI=1S/C30H29N5O2S/c1-2-18-38-30-34-27-13-10-24(33-29(36)22-6-4-3-5-7-22)19-26(27)28(35-30)32-23-8-11-25(12-9-23)37-20-21-14-16-31-17-15-21/h1,3-13,19,21,31H,14-18,20H2,(H,33,36)(H,32,34,35). The maximum absolute atomic E-state index is 12.7. The summed E-state index contributed by atoms with van der Waals surface area (Å²) in [5.41, 5.74) is 2.86. The summed E-state index contributed by atoms with van der Waals surface area (Å²) in [7, 11) is 0. The zero-order valence-corrected chi connectivity index (χ0v) is 21.8. The van der Waals surface area contributed by atoms with Gasteiger partial charge in [-0.15, -0.1) is 6.42 Å². The first kappa shape index (κ1) is 25.6. The van der Waals surface area contributed by atoms with Gasteiger partial charge in [-0.3, -0.25) is 4.79 Å². The Bertz CT molecular complexity index is 1430. The van der Waals surface area contributed by atoms with E-state index in [1.165, 1.54) is 11.8 Å². The highest BCUT2D eigenvalue weighted by Gasteiger charge is 2.14. The van der Waals surface area contributed by atoms with Gasteiger partial charge in [0.05, 0.1) is 17.9 Å². The summed E-state index contributed by atoms with van der Waals surface area (Å²) < 4.78 is 6.03. The van der Waals surface area contributed by atoms with E-state index in [0.717, 1.165) is 54.9 Å². The van der Waals surface area contributed by atoms with Crippen molar-refractivity contribution in [2.45, 2.75) is 18.0 Å². The number of ether oxygens (including phenoxy) is 1. The van der Waals surface area contributed by atoms with Crippen molar-refractivity contribution in [3.05, 3.63) is 78.4 Å². The van der Waals surface area contributed by atoms with E-state index in [0.29, 0.717) is 33.9 Å². The second-order valence-electron chi connectivity index (χ2n) is 9.05. The first-order valence-electron chi connectivity index (χ1n) is 12.6. The van der Waals surface area contributed by atoms with Crippen molar-refractivity contribution in [3.63, 3.8) is 0 Å². The summed E-state index contributed by atoms with van der Waals surface area (Å²) in [4.78, 5) is 22.1. The molecule has 0 aliphatic carbocycles. The third-order valence-electron chi connectivity index (χ3n) is 6.32. The number of rotatable bonds is 9. The Morgan fingerprint density at radius 2 is 1.79 bits per heavy atom. The van der Waals surface area contributed by atoms with Crippen LogP contribution >= 0.6 is 11.8 Å². The van der Waals surface area contributed by atoms with Crippen molar-refractivity contribution in [2.75, 3.05) is 36.1 Å². The molecular weight excluding hydrogens is 494 g/mol. The Morgan fingerprint density at radius 3 is 2.55 bits per heavy atom. The third kappa shape index (κ3) is 6.62. The van der Waals surface area contributed by atoms with Crippen molar-refractivity contribution in [1.82, 2.24) is 15.3 Å². The van der Waals surface area contributed by atoms with E-state index < -0.39 is 0 Å². The fourth-order valence-corrected chi connectivity index (χ4v) is 4.81. The van der Waals surface area contributed by atoms with Crippen molar-refractivity contribution >= 4 is 45.8 Å². The lowest BCUT2D eigenvalue weighted by atomic mass is 9.99. The number of terminal acetylenes is 1. The van der Waals surface area contributed by atoms with Crippen LogP contribution in [0.4, 0.5) is 17.2 Å². The molecule has 38 heavy (non-hydrogen) atoms. The van der Waals surface area contributed by atoms with E-state index >= 15 is 0 Å². The molecule has 0 radical (unpaired) electrons. The molecule has 1 aliphatic heterocycles. The summed E-state index contributed by atoms with van der Waals surface area (Å²) in [6, 6.07) is 22.6. The largest absolute Gasteiger partial charge is 0.493 e. The van der Waals surface area contributed by atoms with Gasteiger partial charge in [-0.2, -0.15) is 0 Å². The number of piperidine rings is 1. The number of nitrogens with zero attached hydrogens (tertiary/aromatic N) is 2. The minimum atomic E-state index is -0.179. The van der Waals surface area contributed by atoms with Crippen LogP contribution in [0.2, 0.25) is 0 Å². The number of carbonyl (C=O) groups is 1. The minimum absolute atomic E-state index is 0.179. The SMILES string of the molecule is C#CCSc1nc(Nc2ccc(OCC3CCNCC3)cc2)c2cc(NC(=O)c3ccccc3)ccc2n1. The molecule has 1 saturated heterocycles. The second-order valence-corrected chi connectivity index (χ2v) is 10.00. The van der Waals surface area contributed by atoms with Gasteiger partial charge in [0.25, 0.3) is 5.91 Å². The number of hydrogen-bond donors (Lipinski definition) is 3. The Hall–Kier alpha value is -4.06. The molecule has 3 N–H and O–H groups in total. The zero-order chi connectivity index (χ0) is 26.2. The number of fused-ring (bicyclic) bond motifs is 1. The van der Waals surface area contributed by atoms with Gasteiger partial charge in [0.15, 0.2) is 5.16 Å². The van der Waals surface area contributed by atoms with E-state index in [-0.39, 0.29) is 5.91 Å².